The lowest BCUT2D eigenvalue weighted by Gasteiger charge is -2.30. The molecular formula is C51H37NS. The minimum absolute atomic E-state index is 0.109. The molecule has 2 heteroatoms. The lowest BCUT2D eigenvalue weighted by molar-refractivity contribution is 0.660. The third kappa shape index (κ3) is 5.21. The van der Waals surface area contributed by atoms with E-state index in [-0.39, 0.29) is 5.41 Å². The van der Waals surface area contributed by atoms with Gasteiger partial charge in [0.2, 0.25) is 0 Å². The Labute approximate surface area is 315 Å². The first kappa shape index (κ1) is 31.5. The maximum Gasteiger partial charge on any atom is 0.0540 e. The predicted molar refractivity (Wildman–Crippen MR) is 228 cm³/mol. The van der Waals surface area contributed by atoms with Crippen LogP contribution in [0.25, 0.3) is 64.7 Å². The molecule has 0 N–H and O–H groups in total. The Hall–Kier alpha value is -6.22. The Morgan fingerprint density at radius 3 is 1.81 bits per heavy atom. The van der Waals surface area contributed by atoms with Gasteiger partial charge in [-0.15, -0.1) is 11.3 Å². The molecule has 0 atom stereocenters. The van der Waals surface area contributed by atoms with Crippen molar-refractivity contribution < 1.29 is 0 Å². The van der Waals surface area contributed by atoms with Gasteiger partial charge in [0, 0.05) is 42.5 Å². The summed E-state index contributed by atoms with van der Waals surface area (Å²) in [7, 11) is 0. The monoisotopic (exact) mass is 695 g/mol. The van der Waals surface area contributed by atoms with Crippen LogP contribution in [0, 0.1) is 0 Å². The molecule has 252 valence electrons. The molecule has 0 saturated heterocycles. The van der Waals surface area contributed by atoms with Crippen LogP contribution in [0.2, 0.25) is 0 Å². The molecule has 1 heterocycles. The van der Waals surface area contributed by atoms with E-state index in [1.165, 1.54) is 75.8 Å². The first-order valence-electron chi connectivity index (χ1n) is 18.3. The number of fused-ring (bicyclic) bond motifs is 6. The zero-order valence-corrected chi connectivity index (χ0v) is 30.6. The summed E-state index contributed by atoms with van der Waals surface area (Å²) in [6, 6.07) is 69.1. The molecule has 0 bridgehead atoms. The molecule has 1 aliphatic rings. The van der Waals surface area contributed by atoms with Crippen LogP contribution in [0.3, 0.4) is 0 Å². The zero-order chi connectivity index (χ0) is 35.5. The number of hydrogen-bond acceptors (Lipinski definition) is 2. The van der Waals surface area contributed by atoms with Crippen LogP contribution in [0.15, 0.2) is 188 Å². The van der Waals surface area contributed by atoms with E-state index in [1.54, 1.807) is 0 Å². The molecule has 53 heavy (non-hydrogen) atoms. The van der Waals surface area contributed by atoms with E-state index in [1.807, 2.05) is 11.3 Å². The van der Waals surface area contributed by atoms with Crippen molar-refractivity contribution in [2.24, 2.45) is 0 Å². The van der Waals surface area contributed by atoms with Gasteiger partial charge in [0.05, 0.1) is 5.69 Å². The third-order valence-electron chi connectivity index (χ3n) is 11.1. The smallest absolute Gasteiger partial charge is 0.0540 e. The van der Waals surface area contributed by atoms with Crippen LogP contribution >= 0.6 is 11.3 Å². The van der Waals surface area contributed by atoms with Crippen molar-refractivity contribution >= 4 is 48.6 Å². The normalized spacial score (nSPS) is 12.9. The molecule has 1 aromatic heterocycles. The average molecular weight is 696 g/mol. The van der Waals surface area contributed by atoms with Gasteiger partial charge < -0.3 is 4.90 Å². The molecule has 9 aromatic rings. The molecule has 1 nitrogen and oxygen atoms in total. The van der Waals surface area contributed by atoms with Crippen molar-refractivity contribution in [2.45, 2.75) is 19.3 Å². The summed E-state index contributed by atoms with van der Waals surface area (Å²) in [5, 5.41) is 2.63. The standard InChI is InChI=1S/C51H37NS/c1-51(2)45-22-9-6-18-40(45)41-31-30-39(33-46(41)51)52(38-28-26-35(27-29-38)37-17-12-16-36(32-37)34-14-4-3-5-15-34)47-23-10-7-19-42(47)43-21-13-25-49-50(43)44-20-8-11-24-48(44)53-49/h3-33H,1-2H3. The van der Waals surface area contributed by atoms with Gasteiger partial charge in [-0.25, -0.2) is 0 Å². The predicted octanol–water partition coefficient (Wildman–Crippen LogP) is 14.8. The molecule has 0 amide bonds. The zero-order valence-electron chi connectivity index (χ0n) is 29.8. The Morgan fingerprint density at radius 1 is 0.396 bits per heavy atom. The van der Waals surface area contributed by atoms with E-state index in [0.29, 0.717) is 0 Å². The second-order valence-corrected chi connectivity index (χ2v) is 15.6. The van der Waals surface area contributed by atoms with Crippen molar-refractivity contribution in [3.05, 3.63) is 199 Å². The second kappa shape index (κ2) is 12.5. The Balaban J connectivity index is 1.15. The highest BCUT2D eigenvalue weighted by molar-refractivity contribution is 7.25. The molecule has 0 radical (unpaired) electrons. The van der Waals surface area contributed by atoms with Crippen LogP contribution in [-0.4, -0.2) is 0 Å². The van der Waals surface area contributed by atoms with Gasteiger partial charge in [-0.05, 0) is 98.6 Å². The summed E-state index contributed by atoms with van der Waals surface area (Å²) >= 11 is 1.87. The summed E-state index contributed by atoms with van der Waals surface area (Å²) in [5.74, 6) is 0. The van der Waals surface area contributed by atoms with E-state index in [4.69, 9.17) is 0 Å². The Bertz CT molecular complexity index is 2810. The number of benzene rings is 8. The Morgan fingerprint density at radius 2 is 0.981 bits per heavy atom. The van der Waals surface area contributed by atoms with E-state index < -0.39 is 0 Å². The fourth-order valence-electron chi connectivity index (χ4n) is 8.47. The average Bonchev–Trinajstić information content (AvgIpc) is 3.71. The number of para-hydroxylation sites is 1. The quantitative estimate of drug-likeness (QED) is 0.167. The van der Waals surface area contributed by atoms with Crippen molar-refractivity contribution in [3.63, 3.8) is 0 Å². The van der Waals surface area contributed by atoms with Crippen LogP contribution in [0.1, 0.15) is 25.0 Å². The third-order valence-corrected chi connectivity index (χ3v) is 12.2. The first-order valence-corrected chi connectivity index (χ1v) is 19.2. The molecule has 1 aliphatic carbocycles. The van der Waals surface area contributed by atoms with Crippen LogP contribution in [0.4, 0.5) is 17.1 Å². The van der Waals surface area contributed by atoms with E-state index >= 15 is 0 Å². The SMILES string of the molecule is CC1(C)c2ccccc2-c2ccc(N(c3ccc(-c4cccc(-c5ccccc5)c4)cc3)c3ccccc3-c3cccc4sc5ccccc5c34)cc21. The van der Waals surface area contributed by atoms with Gasteiger partial charge in [0.15, 0.2) is 0 Å². The molecule has 0 spiro atoms. The minimum atomic E-state index is -0.109. The van der Waals surface area contributed by atoms with Gasteiger partial charge in [-0.2, -0.15) is 0 Å². The van der Waals surface area contributed by atoms with Crippen LogP contribution in [0.5, 0.6) is 0 Å². The fraction of sp³-hybridized carbons (Fsp3) is 0.0588. The van der Waals surface area contributed by atoms with E-state index in [0.717, 1.165) is 17.1 Å². The largest absolute Gasteiger partial charge is 0.310 e. The topological polar surface area (TPSA) is 3.24 Å². The number of thiophene rings is 1. The molecule has 8 aromatic carbocycles. The highest BCUT2D eigenvalue weighted by Crippen LogP contribution is 2.52. The lowest BCUT2D eigenvalue weighted by atomic mass is 9.82. The van der Waals surface area contributed by atoms with E-state index in [9.17, 15) is 0 Å². The van der Waals surface area contributed by atoms with Crippen molar-refractivity contribution in [3.8, 4) is 44.5 Å². The minimum Gasteiger partial charge on any atom is -0.310 e. The molecular weight excluding hydrogens is 659 g/mol. The fourth-order valence-corrected chi connectivity index (χ4v) is 9.60. The van der Waals surface area contributed by atoms with Gasteiger partial charge >= 0.3 is 0 Å². The molecule has 0 saturated carbocycles. The summed E-state index contributed by atoms with van der Waals surface area (Å²) in [6.07, 6.45) is 0. The molecule has 0 unspecified atom stereocenters. The summed E-state index contributed by atoms with van der Waals surface area (Å²) in [4.78, 5) is 2.46. The van der Waals surface area contributed by atoms with Crippen molar-refractivity contribution in [2.75, 3.05) is 4.90 Å². The summed E-state index contributed by atoms with van der Waals surface area (Å²) < 4.78 is 2.63. The van der Waals surface area contributed by atoms with Gasteiger partial charge in [0.1, 0.15) is 0 Å². The van der Waals surface area contributed by atoms with Crippen molar-refractivity contribution in [1.82, 2.24) is 0 Å². The maximum atomic E-state index is 2.46. The number of rotatable bonds is 6. The Kier molecular flexibility index (Phi) is 7.42. The maximum absolute atomic E-state index is 2.46. The molecule has 0 fully saturated rings. The number of anilines is 3. The number of nitrogens with zero attached hydrogens (tertiary/aromatic N) is 1. The van der Waals surface area contributed by atoms with Crippen LogP contribution in [-0.2, 0) is 5.41 Å². The van der Waals surface area contributed by atoms with Gasteiger partial charge in [0.25, 0.3) is 0 Å². The summed E-state index contributed by atoms with van der Waals surface area (Å²) in [6.45, 7) is 4.72. The first-order chi connectivity index (χ1) is 26.0. The van der Waals surface area contributed by atoms with Gasteiger partial charge in [-0.3, -0.25) is 0 Å². The van der Waals surface area contributed by atoms with Crippen LogP contribution < -0.4 is 4.90 Å². The molecule has 10 rings (SSSR count). The van der Waals surface area contributed by atoms with E-state index in [2.05, 4.69) is 207 Å². The second-order valence-electron chi connectivity index (χ2n) is 14.5. The highest BCUT2D eigenvalue weighted by Gasteiger charge is 2.36. The molecule has 0 aliphatic heterocycles. The van der Waals surface area contributed by atoms with Crippen molar-refractivity contribution in [1.29, 1.82) is 0 Å². The number of hydrogen-bond donors (Lipinski definition) is 0. The highest BCUT2D eigenvalue weighted by atomic mass is 32.1. The summed E-state index contributed by atoms with van der Waals surface area (Å²) in [5.41, 5.74) is 16.0. The van der Waals surface area contributed by atoms with Gasteiger partial charge in [-0.1, -0.05) is 153 Å². The lowest BCUT2D eigenvalue weighted by Crippen LogP contribution is -2.16.